The normalized spacial score (nSPS) is 21.4. The van der Waals surface area contributed by atoms with Crippen LogP contribution in [0.15, 0.2) is 21.1 Å². The molecule has 1 saturated carbocycles. The summed E-state index contributed by atoms with van der Waals surface area (Å²) in [6.07, 6.45) is -1.11. The van der Waals surface area contributed by atoms with E-state index in [4.69, 9.17) is 4.74 Å². The smallest absolute Gasteiger partial charge is 0.310 e. The van der Waals surface area contributed by atoms with Crippen LogP contribution in [0.3, 0.4) is 0 Å². The van der Waals surface area contributed by atoms with Crippen LogP contribution in [0.5, 0.6) is 0 Å². The fourth-order valence-corrected chi connectivity index (χ4v) is 4.21. The Kier molecular flexibility index (Phi) is 5.49. The lowest BCUT2D eigenvalue weighted by Crippen LogP contribution is -2.12. The highest BCUT2D eigenvalue weighted by atomic mass is 79.9. The van der Waals surface area contributed by atoms with Crippen molar-refractivity contribution in [3.63, 3.8) is 0 Å². The zero-order chi connectivity index (χ0) is 18.4. The summed E-state index contributed by atoms with van der Waals surface area (Å²) < 4.78 is 57.7. The molecule has 2 nitrogen and oxygen atoms in total. The number of rotatable bonds is 4. The van der Waals surface area contributed by atoms with Crippen molar-refractivity contribution >= 4 is 37.8 Å². The van der Waals surface area contributed by atoms with Gasteiger partial charge in [-0.05, 0) is 50.3 Å². The van der Waals surface area contributed by atoms with Crippen LogP contribution >= 0.6 is 31.9 Å². The van der Waals surface area contributed by atoms with E-state index in [0.717, 1.165) is 6.08 Å². The molecule has 1 aliphatic rings. The summed E-state index contributed by atoms with van der Waals surface area (Å²) in [5.74, 6) is -3.57. The van der Waals surface area contributed by atoms with Crippen molar-refractivity contribution < 1.29 is 27.1 Å². The second-order valence-electron chi connectivity index (χ2n) is 6.25. The lowest BCUT2D eigenvalue weighted by Gasteiger charge is -2.13. The molecule has 0 radical (unpaired) electrons. The molecule has 0 heterocycles. The van der Waals surface area contributed by atoms with E-state index in [-0.39, 0.29) is 26.7 Å². The van der Waals surface area contributed by atoms with Crippen molar-refractivity contribution in [1.29, 1.82) is 0 Å². The highest BCUT2D eigenvalue weighted by Crippen LogP contribution is 2.60. The van der Waals surface area contributed by atoms with E-state index in [0.29, 0.717) is 0 Å². The zero-order valence-corrected chi connectivity index (χ0v) is 16.2. The first-order valence-electron chi connectivity index (χ1n) is 7.01. The van der Waals surface area contributed by atoms with Gasteiger partial charge in [0.2, 0.25) is 0 Å². The van der Waals surface area contributed by atoms with Gasteiger partial charge < -0.3 is 4.74 Å². The molecule has 0 bridgehead atoms. The molecule has 24 heavy (non-hydrogen) atoms. The topological polar surface area (TPSA) is 26.3 Å². The number of ether oxygens (including phenoxy) is 1. The molecule has 2 rings (SSSR count). The molecular formula is C16H14Br2F4O2. The number of esters is 1. The SMILES string of the molecule is Cc1c(F)c(Br)c(COC(=O)[C@@H]2[C@@H](C=C(F)F)C2(C)C)c(Br)c1F. The van der Waals surface area contributed by atoms with E-state index in [1.54, 1.807) is 13.8 Å². The molecule has 0 aliphatic heterocycles. The standard InChI is InChI=1S/C16H14Br2F4O2/c1-6-13(21)11(17)7(12(18)14(6)22)5-24-15(23)10-8(4-9(19)20)16(10,2)3/h4,8,10H,5H2,1-3H3/t8-,10+/m1/s1. The van der Waals surface area contributed by atoms with Crippen LogP contribution in [0, 0.1) is 35.8 Å². The Morgan fingerprint density at radius 1 is 1.21 bits per heavy atom. The third-order valence-electron chi connectivity index (χ3n) is 4.40. The molecule has 0 aromatic heterocycles. The fourth-order valence-electron chi connectivity index (χ4n) is 2.72. The molecule has 1 aliphatic carbocycles. The maximum Gasteiger partial charge on any atom is 0.310 e. The molecule has 0 unspecified atom stereocenters. The Morgan fingerprint density at radius 2 is 1.71 bits per heavy atom. The predicted octanol–water partition coefficient (Wildman–Crippen LogP) is 5.89. The summed E-state index contributed by atoms with van der Waals surface area (Å²) in [7, 11) is 0. The first-order chi connectivity index (χ1) is 11.0. The van der Waals surface area contributed by atoms with Gasteiger partial charge in [0.25, 0.3) is 6.08 Å². The summed E-state index contributed by atoms with van der Waals surface area (Å²) in [6, 6.07) is 0. The lowest BCUT2D eigenvalue weighted by molar-refractivity contribution is -0.147. The lowest BCUT2D eigenvalue weighted by atomic mass is 10.1. The number of carbonyl (C=O) groups is 1. The highest BCUT2D eigenvalue weighted by Gasteiger charge is 2.62. The molecule has 1 aromatic carbocycles. The van der Waals surface area contributed by atoms with Crippen molar-refractivity contribution in [2.75, 3.05) is 0 Å². The van der Waals surface area contributed by atoms with E-state index in [1.165, 1.54) is 6.92 Å². The van der Waals surface area contributed by atoms with Gasteiger partial charge >= 0.3 is 5.97 Å². The minimum atomic E-state index is -1.85. The molecule has 0 saturated heterocycles. The minimum Gasteiger partial charge on any atom is -0.460 e. The van der Waals surface area contributed by atoms with E-state index in [2.05, 4.69) is 31.9 Å². The molecule has 2 atom stereocenters. The molecular weight excluding hydrogens is 460 g/mol. The Bertz CT molecular complexity index is 698. The van der Waals surface area contributed by atoms with Gasteiger partial charge in [-0.2, -0.15) is 8.78 Å². The van der Waals surface area contributed by atoms with Gasteiger partial charge in [0, 0.05) is 17.0 Å². The Hall–Kier alpha value is -0.890. The van der Waals surface area contributed by atoms with Gasteiger partial charge in [-0.3, -0.25) is 4.79 Å². The van der Waals surface area contributed by atoms with Gasteiger partial charge in [0.1, 0.15) is 18.2 Å². The molecule has 1 fully saturated rings. The predicted molar refractivity (Wildman–Crippen MR) is 87.4 cm³/mol. The average molecular weight is 474 g/mol. The molecule has 1 aromatic rings. The van der Waals surface area contributed by atoms with Crippen LogP contribution in [-0.2, 0) is 16.1 Å². The van der Waals surface area contributed by atoms with E-state index < -0.39 is 40.9 Å². The van der Waals surface area contributed by atoms with Crippen LogP contribution in [0.1, 0.15) is 25.0 Å². The quantitative estimate of drug-likeness (QED) is 0.309. The molecule has 0 N–H and O–H groups in total. The summed E-state index contributed by atoms with van der Waals surface area (Å²) in [5, 5.41) is 0. The van der Waals surface area contributed by atoms with Crippen LogP contribution in [0.25, 0.3) is 0 Å². The van der Waals surface area contributed by atoms with Crippen molar-refractivity contribution in [3.8, 4) is 0 Å². The monoisotopic (exact) mass is 472 g/mol. The van der Waals surface area contributed by atoms with Gasteiger partial charge in [-0.1, -0.05) is 13.8 Å². The number of halogens is 6. The van der Waals surface area contributed by atoms with Gasteiger partial charge in [-0.25, -0.2) is 8.78 Å². The number of benzene rings is 1. The Labute approximate surface area is 153 Å². The van der Waals surface area contributed by atoms with Gasteiger partial charge in [0.05, 0.1) is 14.9 Å². The van der Waals surface area contributed by atoms with Crippen LogP contribution in [-0.4, -0.2) is 5.97 Å². The van der Waals surface area contributed by atoms with E-state index in [1.807, 2.05) is 0 Å². The van der Waals surface area contributed by atoms with Gasteiger partial charge in [-0.15, -0.1) is 0 Å². The summed E-state index contributed by atoms with van der Waals surface area (Å²) in [5.41, 5.74) is -0.708. The second-order valence-corrected chi connectivity index (χ2v) is 7.83. The number of hydrogen-bond donors (Lipinski definition) is 0. The largest absolute Gasteiger partial charge is 0.460 e. The number of carbonyl (C=O) groups excluding carboxylic acids is 1. The maximum atomic E-state index is 13.9. The van der Waals surface area contributed by atoms with Crippen molar-refractivity contribution in [1.82, 2.24) is 0 Å². The molecule has 8 heteroatoms. The Balaban J connectivity index is 2.16. The molecule has 0 spiro atoms. The minimum absolute atomic E-state index is 0.0117. The van der Waals surface area contributed by atoms with E-state index in [9.17, 15) is 22.4 Å². The first kappa shape index (κ1) is 19.4. The Morgan fingerprint density at radius 3 is 2.17 bits per heavy atom. The van der Waals surface area contributed by atoms with E-state index >= 15 is 0 Å². The van der Waals surface area contributed by atoms with Crippen LogP contribution in [0.2, 0.25) is 0 Å². The number of allylic oxidation sites excluding steroid dienone is 1. The van der Waals surface area contributed by atoms with Crippen LogP contribution in [0.4, 0.5) is 17.6 Å². The zero-order valence-electron chi connectivity index (χ0n) is 13.0. The van der Waals surface area contributed by atoms with Crippen molar-refractivity contribution in [3.05, 3.63) is 43.9 Å². The molecule has 0 amide bonds. The average Bonchev–Trinajstić information content (AvgIpc) is 3.02. The van der Waals surface area contributed by atoms with Crippen LogP contribution < -0.4 is 0 Å². The summed E-state index contributed by atoms with van der Waals surface area (Å²) in [4.78, 5) is 12.1. The third-order valence-corrected chi connectivity index (χ3v) is 6.06. The summed E-state index contributed by atoms with van der Waals surface area (Å²) >= 11 is 6.03. The first-order valence-corrected chi connectivity index (χ1v) is 8.59. The number of hydrogen-bond acceptors (Lipinski definition) is 2. The fraction of sp³-hybridized carbons (Fsp3) is 0.438. The third kappa shape index (κ3) is 3.40. The van der Waals surface area contributed by atoms with Crippen molar-refractivity contribution in [2.24, 2.45) is 17.3 Å². The summed E-state index contributed by atoms with van der Waals surface area (Å²) in [6.45, 7) is 4.26. The molecule has 132 valence electrons. The second kappa shape index (κ2) is 6.78. The van der Waals surface area contributed by atoms with Crippen molar-refractivity contribution in [2.45, 2.75) is 27.4 Å². The maximum absolute atomic E-state index is 13.9. The highest BCUT2D eigenvalue weighted by molar-refractivity contribution is 9.11. The van der Waals surface area contributed by atoms with Gasteiger partial charge in [0.15, 0.2) is 0 Å².